The molecule has 0 aliphatic rings. The van der Waals surface area contributed by atoms with Gasteiger partial charge < -0.3 is 0 Å². The summed E-state index contributed by atoms with van der Waals surface area (Å²) in [5.74, 6) is -0.486. The van der Waals surface area contributed by atoms with E-state index in [1.165, 1.54) is 28.7 Å². The summed E-state index contributed by atoms with van der Waals surface area (Å²) in [5, 5.41) is 17.0. The third kappa shape index (κ3) is 4.04. The number of benzene rings is 1. The Kier molecular flexibility index (Phi) is 5.26. The highest BCUT2D eigenvalue weighted by atomic mass is 32.1. The number of carbonyl (C=O) groups is 1. The molecule has 130 valence electrons. The van der Waals surface area contributed by atoms with E-state index in [4.69, 9.17) is 0 Å². The number of nitrogens with one attached hydrogen (secondary N) is 1. The Morgan fingerprint density at radius 3 is 2.69 bits per heavy atom. The molecule has 2 heterocycles. The predicted octanol–water partition coefficient (Wildman–Crippen LogP) is 4.74. The topological polar surface area (TPSA) is 78.7 Å². The number of aromatic nitrogens is 2. The molecular weight excluding hydrogens is 364 g/mol. The lowest BCUT2D eigenvalue weighted by atomic mass is 10.0. The number of amides is 1. The minimum absolute atomic E-state index is 0.00112. The highest BCUT2D eigenvalue weighted by Crippen LogP contribution is 2.28. The van der Waals surface area contributed by atoms with Gasteiger partial charge in [-0.25, -0.2) is 9.97 Å². The van der Waals surface area contributed by atoms with Gasteiger partial charge in [-0.3, -0.25) is 10.1 Å². The molecule has 0 atom stereocenters. The minimum atomic E-state index is -0.486. The van der Waals surface area contributed by atoms with Gasteiger partial charge in [0.2, 0.25) is 0 Å². The molecule has 0 bridgehead atoms. The molecule has 26 heavy (non-hydrogen) atoms. The second-order valence-electron chi connectivity index (χ2n) is 5.77. The maximum Gasteiger partial charge on any atom is 0.268 e. The Bertz CT molecular complexity index is 1040. The van der Waals surface area contributed by atoms with Crippen molar-refractivity contribution in [2.45, 2.75) is 20.8 Å². The van der Waals surface area contributed by atoms with Gasteiger partial charge in [0.05, 0.1) is 16.4 Å². The van der Waals surface area contributed by atoms with Crippen molar-refractivity contribution in [3.05, 3.63) is 56.4 Å². The lowest BCUT2D eigenvalue weighted by molar-refractivity contribution is -0.112. The van der Waals surface area contributed by atoms with Crippen LogP contribution in [-0.4, -0.2) is 15.9 Å². The number of nitriles is 1. The molecule has 0 saturated carbocycles. The summed E-state index contributed by atoms with van der Waals surface area (Å²) in [5.41, 5.74) is 4.72. The molecule has 1 amide bonds. The predicted molar refractivity (Wildman–Crippen MR) is 106 cm³/mol. The van der Waals surface area contributed by atoms with E-state index in [2.05, 4.69) is 33.5 Å². The molecule has 1 N–H and O–H groups in total. The maximum atomic E-state index is 12.4. The smallest absolute Gasteiger partial charge is 0.268 e. The second kappa shape index (κ2) is 7.60. The van der Waals surface area contributed by atoms with E-state index in [9.17, 15) is 10.1 Å². The van der Waals surface area contributed by atoms with Gasteiger partial charge in [0.25, 0.3) is 5.91 Å². The van der Waals surface area contributed by atoms with Crippen LogP contribution >= 0.6 is 22.7 Å². The van der Waals surface area contributed by atoms with E-state index in [1.54, 1.807) is 0 Å². The zero-order valence-electron chi connectivity index (χ0n) is 14.5. The first-order valence-electron chi connectivity index (χ1n) is 7.84. The van der Waals surface area contributed by atoms with E-state index in [0.717, 1.165) is 27.4 Å². The van der Waals surface area contributed by atoms with Gasteiger partial charge in [-0.15, -0.1) is 22.7 Å². The van der Waals surface area contributed by atoms with E-state index in [0.29, 0.717) is 10.8 Å². The van der Waals surface area contributed by atoms with Gasteiger partial charge >= 0.3 is 0 Å². The summed E-state index contributed by atoms with van der Waals surface area (Å²) in [7, 11) is 0. The number of aryl methyl sites for hydroxylation is 3. The van der Waals surface area contributed by atoms with Crippen molar-refractivity contribution >= 4 is 39.8 Å². The SMILES string of the molecule is Cc1ccc(C)c(-c2csc(NC(=O)/C(C#N)=C/c3csc(C)n3)n2)c1. The standard InChI is InChI=1S/C19H16N4OS2/c1-11-4-5-12(2)16(6-11)17-10-26-19(22-17)23-18(24)14(8-20)7-15-9-25-13(3)21-15/h4-7,9-10H,1-3H3,(H,22,23,24)/b14-7+. The quantitative estimate of drug-likeness (QED) is 0.524. The summed E-state index contributed by atoms with van der Waals surface area (Å²) >= 11 is 2.80. The van der Waals surface area contributed by atoms with Gasteiger partial charge in [0, 0.05) is 16.3 Å². The number of hydrogen-bond acceptors (Lipinski definition) is 6. The van der Waals surface area contributed by atoms with Crippen LogP contribution in [0.5, 0.6) is 0 Å². The molecule has 5 nitrogen and oxygen atoms in total. The van der Waals surface area contributed by atoms with Crippen molar-refractivity contribution in [1.82, 2.24) is 9.97 Å². The number of hydrogen-bond donors (Lipinski definition) is 1. The first-order valence-corrected chi connectivity index (χ1v) is 9.60. The maximum absolute atomic E-state index is 12.4. The van der Waals surface area contributed by atoms with Crippen molar-refractivity contribution < 1.29 is 4.79 Å². The molecule has 0 radical (unpaired) electrons. The van der Waals surface area contributed by atoms with Crippen LogP contribution < -0.4 is 5.32 Å². The zero-order chi connectivity index (χ0) is 18.7. The van der Waals surface area contributed by atoms with Crippen LogP contribution in [-0.2, 0) is 4.79 Å². The van der Waals surface area contributed by atoms with E-state index >= 15 is 0 Å². The van der Waals surface area contributed by atoms with Crippen molar-refractivity contribution in [3.8, 4) is 17.3 Å². The van der Waals surface area contributed by atoms with Crippen LogP contribution in [0.1, 0.15) is 21.8 Å². The number of rotatable bonds is 4. The molecule has 2 aromatic heterocycles. The highest BCUT2D eigenvalue weighted by molar-refractivity contribution is 7.14. The van der Waals surface area contributed by atoms with Gasteiger partial charge in [0.1, 0.15) is 11.6 Å². The van der Waals surface area contributed by atoms with Crippen molar-refractivity contribution in [1.29, 1.82) is 5.26 Å². The summed E-state index contributed by atoms with van der Waals surface area (Å²) in [6, 6.07) is 8.10. The minimum Gasteiger partial charge on any atom is -0.297 e. The fraction of sp³-hybridized carbons (Fsp3) is 0.158. The van der Waals surface area contributed by atoms with Crippen LogP contribution in [0.4, 0.5) is 5.13 Å². The lowest BCUT2D eigenvalue weighted by Gasteiger charge is -2.04. The Balaban J connectivity index is 1.80. The van der Waals surface area contributed by atoms with Crippen molar-refractivity contribution in [2.24, 2.45) is 0 Å². The average Bonchev–Trinajstić information content (AvgIpc) is 3.23. The van der Waals surface area contributed by atoms with Gasteiger partial charge in [-0.05, 0) is 38.5 Å². The van der Waals surface area contributed by atoms with Gasteiger partial charge in [-0.2, -0.15) is 5.26 Å². The molecule has 3 aromatic rings. The summed E-state index contributed by atoms with van der Waals surface area (Å²) in [6.07, 6.45) is 1.48. The molecule has 0 aliphatic heterocycles. The fourth-order valence-electron chi connectivity index (χ4n) is 2.37. The summed E-state index contributed by atoms with van der Waals surface area (Å²) < 4.78 is 0. The van der Waals surface area contributed by atoms with Crippen LogP contribution in [0.3, 0.4) is 0 Å². The van der Waals surface area contributed by atoms with Crippen LogP contribution in [0.2, 0.25) is 0 Å². The summed E-state index contributed by atoms with van der Waals surface area (Å²) in [6.45, 7) is 5.93. The molecule has 3 rings (SSSR count). The number of carbonyl (C=O) groups excluding carboxylic acids is 1. The largest absolute Gasteiger partial charge is 0.297 e. The molecule has 0 spiro atoms. The molecular formula is C19H16N4OS2. The number of nitrogens with zero attached hydrogens (tertiary/aromatic N) is 3. The van der Waals surface area contributed by atoms with Crippen LogP contribution in [0.25, 0.3) is 17.3 Å². The zero-order valence-corrected chi connectivity index (χ0v) is 16.2. The van der Waals surface area contributed by atoms with Crippen molar-refractivity contribution in [3.63, 3.8) is 0 Å². The molecule has 1 aromatic carbocycles. The monoisotopic (exact) mass is 380 g/mol. The molecule has 7 heteroatoms. The molecule has 0 fully saturated rings. The first-order chi connectivity index (χ1) is 12.5. The second-order valence-corrected chi connectivity index (χ2v) is 7.69. The number of anilines is 1. The van der Waals surface area contributed by atoms with Gasteiger partial charge in [-0.1, -0.05) is 17.7 Å². The lowest BCUT2D eigenvalue weighted by Crippen LogP contribution is -2.13. The molecule has 0 aliphatic carbocycles. The summed E-state index contributed by atoms with van der Waals surface area (Å²) in [4.78, 5) is 21.1. The third-order valence-corrected chi connectivity index (χ3v) is 5.24. The third-order valence-electron chi connectivity index (χ3n) is 3.69. The highest BCUT2D eigenvalue weighted by Gasteiger charge is 2.14. The van der Waals surface area contributed by atoms with E-state index in [-0.39, 0.29) is 5.57 Å². The van der Waals surface area contributed by atoms with Crippen LogP contribution in [0, 0.1) is 32.1 Å². The van der Waals surface area contributed by atoms with Crippen LogP contribution in [0.15, 0.2) is 34.5 Å². The van der Waals surface area contributed by atoms with Crippen molar-refractivity contribution in [2.75, 3.05) is 5.32 Å². The Labute approximate surface area is 159 Å². The number of thiazole rings is 2. The Morgan fingerprint density at radius 2 is 2.00 bits per heavy atom. The average molecular weight is 380 g/mol. The van der Waals surface area contributed by atoms with E-state index in [1.807, 2.05) is 37.6 Å². The molecule has 0 saturated heterocycles. The fourth-order valence-corrected chi connectivity index (χ4v) is 3.65. The van der Waals surface area contributed by atoms with Gasteiger partial charge in [0.15, 0.2) is 5.13 Å². The normalized spacial score (nSPS) is 11.2. The van der Waals surface area contributed by atoms with E-state index < -0.39 is 5.91 Å². The first kappa shape index (κ1) is 18.0. The molecule has 0 unspecified atom stereocenters. The Hall–Kier alpha value is -2.82. The Morgan fingerprint density at radius 1 is 1.19 bits per heavy atom.